The molecule has 0 unspecified atom stereocenters. The van der Waals surface area contributed by atoms with E-state index in [-0.39, 0.29) is 17.9 Å². The smallest absolute Gasteiger partial charge is 0.337 e. The fourth-order valence-electron chi connectivity index (χ4n) is 5.97. The molecule has 0 radical (unpaired) electrons. The molecule has 6 rings (SSSR count). The number of hydroxylamine groups is 1. The number of anilines is 5. The van der Waals surface area contributed by atoms with Gasteiger partial charge in [-0.15, -0.1) is 0 Å². The van der Waals surface area contributed by atoms with Crippen molar-refractivity contribution in [1.82, 2.24) is 14.9 Å². The SMILES string of the molecule is C=CC(=O)Nc1cc(Nc2cc(N3OCC[C@@H]3c3cccc(-c4cccc(C(=O)OC)c4)c3)ncn2)c(OC)cc1N1CCN(C)CC1. The van der Waals surface area contributed by atoms with Crippen LogP contribution < -0.4 is 25.3 Å². The molecule has 0 spiro atoms. The number of hydrogen-bond acceptors (Lipinski definition) is 11. The summed E-state index contributed by atoms with van der Waals surface area (Å²) in [7, 11) is 5.09. The van der Waals surface area contributed by atoms with Gasteiger partial charge in [-0.05, 0) is 54.1 Å². The molecule has 2 fully saturated rings. The first-order valence-corrected chi connectivity index (χ1v) is 15.8. The van der Waals surface area contributed by atoms with E-state index in [1.165, 1.54) is 19.5 Å². The molecule has 12 heteroatoms. The van der Waals surface area contributed by atoms with E-state index >= 15 is 0 Å². The Morgan fingerprint density at radius 1 is 0.958 bits per heavy atom. The maximum Gasteiger partial charge on any atom is 0.337 e. The third kappa shape index (κ3) is 7.09. The van der Waals surface area contributed by atoms with Crippen LogP contribution in [0.4, 0.5) is 28.7 Å². The van der Waals surface area contributed by atoms with Gasteiger partial charge in [0, 0.05) is 44.7 Å². The lowest BCUT2D eigenvalue weighted by Gasteiger charge is -2.35. The summed E-state index contributed by atoms with van der Waals surface area (Å²) >= 11 is 0. The molecule has 2 aliphatic heterocycles. The molecule has 1 atom stereocenters. The van der Waals surface area contributed by atoms with Gasteiger partial charge in [0.2, 0.25) is 5.91 Å². The van der Waals surface area contributed by atoms with Crippen molar-refractivity contribution in [3.05, 3.63) is 96.8 Å². The molecule has 0 aliphatic carbocycles. The zero-order valence-corrected chi connectivity index (χ0v) is 27.3. The highest BCUT2D eigenvalue weighted by Gasteiger charge is 2.30. The molecule has 2 aliphatic rings. The Labute approximate surface area is 279 Å². The van der Waals surface area contributed by atoms with Crippen LogP contribution >= 0.6 is 0 Å². The number of rotatable bonds is 10. The first-order valence-electron chi connectivity index (χ1n) is 15.8. The summed E-state index contributed by atoms with van der Waals surface area (Å²) in [6.07, 6.45) is 3.49. The van der Waals surface area contributed by atoms with Crippen molar-refractivity contribution in [2.45, 2.75) is 12.5 Å². The number of amides is 1. The summed E-state index contributed by atoms with van der Waals surface area (Å²) in [5, 5.41) is 8.13. The average molecular weight is 650 g/mol. The maximum atomic E-state index is 12.4. The minimum absolute atomic E-state index is 0.102. The molecular weight excluding hydrogens is 610 g/mol. The summed E-state index contributed by atoms with van der Waals surface area (Å²) in [6, 6.07) is 21.1. The highest BCUT2D eigenvalue weighted by atomic mass is 16.7. The molecule has 248 valence electrons. The van der Waals surface area contributed by atoms with E-state index in [1.807, 2.05) is 48.5 Å². The van der Waals surface area contributed by atoms with Gasteiger partial charge in [-0.2, -0.15) is 0 Å². The Hall–Kier alpha value is -5.46. The molecule has 0 saturated carbocycles. The van der Waals surface area contributed by atoms with Gasteiger partial charge in [-0.1, -0.05) is 36.9 Å². The van der Waals surface area contributed by atoms with Gasteiger partial charge in [0.15, 0.2) is 5.82 Å². The Balaban J connectivity index is 1.26. The summed E-state index contributed by atoms with van der Waals surface area (Å²) in [4.78, 5) is 44.2. The van der Waals surface area contributed by atoms with E-state index in [0.717, 1.165) is 55.0 Å². The number of nitrogens with one attached hydrogen (secondary N) is 2. The number of nitrogens with zero attached hydrogens (tertiary/aromatic N) is 5. The number of likely N-dealkylation sites (N-methyl/N-ethyl adjacent to an activating group) is 1. The minimum atomic E-state index is -0.377. The summed E-state index contributed by atoms with van der Waals surface area (Å²) < 4.78 is 10.7. The second-order valence-corrected chi connectivity index (χ2v) is 11.6. The van der Waals surface area contributed by atoms with Crippen molar-refractivity contribution in [1.29, 1.82) is 0 Å². The molecule has 4 aromatic rings. The van der Waals surface area contributed by atoms with E-state index in [2.05, 4.69) is 56.2 Å². The minimum Gasteiger partial charge on any atom is -0.494 e. The fraction of sp³-hybridized carbons (Fsp3) is 0.278. The largest absolute Gasteiger partial charge is 0.494 e. The number of hydrogen-bond donors (Lipinski definition) is 2. The fourth-order valence-corrected chi connectivity index (χ4v) is 5.97. The topological polar surface area (TPSA) is 121 Å². The summed E-state index contributed by atoms with van der Waals surface area (Å²) in [6.45, 7) is 7.60. The third-order valence-electron chi connectivity index (χ3n) is 8.54. The van der Waals surface area contributed by atoms with Crippen molar-refractivity contribution in [3.8, 4) is 16.9 Å². The van der Waals surface area contributed by atoms with Crippen LogP contribution in [0.15, 0.2) is 85.7 Å². The Morgan fingerprint density at radius 2 is 1.73 bits per heavy atom. The van der Waals surface area contributed by atoms with Gasteiger partial charge in [-0.3, -0.25) is 9.63 Å². The predicted molar refractivity (Wildman–Crippen MR) is 186 cm³/mol. The molecule has 0 bridgehead atoms. The number of aromatic nitrogens is 2. The van der Waals surface area contributed by atoms with Crippen LogP contribution in [0.1, 0.15) is 28.4 Å². The van der Waals surface area contributed by atoms with E-state index < -0.39 is 0 Å². The summed E-state index contributed by atoms with van der Waals surface area (Å²) in [5.74, 6) is 1.03. The highest BCUT2D eigenvalue weighted by molar-refractivity contribution is 6.02. The molecule has 1 amide bonds. The number of benzene rings is 3. The molecule has 48 heavy (non-hydrogen) atoms. The van der Waals surface area contributed by atoms with Crippen LogP contribution in [-0.4, -0.2) is 80.8 Å². The van der Waals surface area contributed by atoms with E-state index in [4.69, 9.17) is 14.3 Å². The molecule has 2 saturated heterocycles. The van der Waals surface area contributed by atoms with Crippen LogP contribution in [0, 0.1) is 0 Å². The normalized spacial score (nSPS) is 16.4. The molecule has 2 N–H and O–H groups in total. The number of carbonyl (C=O) groups excluding carboxylic acids is 2. The second kappa shape index (κ2) is 14.5. The Kier molecular flexibility index (Phi) is 9.83. The van der Waals surface area contributed by atoms with Crippen LogP contribution in [-0.2, 0) is 14.4 Å². The Bertz CT molecular complexity index is 1810. The first-order chi connectivity index (χ1) is 23.4. The van der Waals surface area contributed by atoms with Crippen LogP contribution in [0.25, 0.3) is 11.1 Å². The number of methoxy groups -OCH3 is 2. The molecule has 12 nitrogen and oxygen atoms in total. The molecule has 3 heterocycles. The lowest BCUT2D eigenvalue weighted by molar-refractivity contribution is -0.111. The van der Waals surface area contributed by atoms with Gasteiger partial charge in [0.25, 0.3) is 0 Å². The van der Waals surface area contributed by atoms with Gasteiger partial charge in [0.05, 0.1) is 49.5 Å². The molecule has 3 aromatic carbocycles. The summed E-state index contributed by atoms with van der Waals surface area (Å²) in [5.41, 5.74) is 5.56. The van der Waals surface area contributed by atoms with E-state index in [0.29, 0.717) is 40.9 Å². The van der Waals surface area contributed by atoms with Gasteiger partial charge in [0.1, 0.15) is 17.9 Å². The number of carbonyl (C=O) groups is 2. The first kappa shape index (κ1) is 32.5. The van der Waals surface area contributed by atoms with Crippen molar-refractivity contribution in [2.24, 2.45) is 0 Å². The van der Waals surface area contributed by atoms with Crippen LogP contribution in [0.3, 0.4) is 0 Å². The average Bonchev–Trinajstić information content (AvgIpc) is 3.62. The predicted octanol–water partition coefficient (Wildman–Crippen LogP) is 5.44. The second-order valence-electron chi connectivity index (χ2n) is 11.6. The van der Waals surface area contributed by atoms with Crippen molar-refractivity contribution in [2.75, 3.05) is 74.6 Å². The van der Waals surface area contributed by atoms with Crippen molar-refractivity contribution < 1.29 is 23.9 Å². The number of ether oxygens (including phenoxy) is 2. The number of piperazine rings is 1. The van der Waals surface area contributed by atoms with Gasteiger partial charge in [-0.25, -0.2) is 19.8 Å². The monoisotopic (exact) mass is 649 g/mol. The van der Waals surface area contributed by atoms with Crippen LogP contribution in [0.5, 0.6) is 5.75 Å². The van der Waals surface area contributed by atoms with E-state index in [1.54, 1.807) is 18.2 Å². The standard InChI is InChI=1S/C36H39N7O5/c1-5-35(44)40-28-20-29(32(46-3)21-31(28)42-15-13-41(2)14-16-42)39-33-22-34(38-23-37-33)43-30(12-17-48-43)26-10-6-8-24(18-26)25-9-7-11-27(19-25)36(45)47-4/h5-11,18-23,30H,1,12-17H2,2-4H3,(H,40,44)(H,37,38,39)/t30-/m1/s1. The van der Waals surface area contributed by atoms with Gasteiger partial charge < -0.3 is 29.9 Å². The number of esters is 1. The van der Waals surface area contributed by atoms with E-state index in [9.17, 15) is 9.59 Å². The third-order valence-corrected chi connectivity index (χ3v) is 8.54. The quantitative estimate of drug-likeness (QED) is 0.169. The van der Waals surface area contributed by atoms with Crippen LogP contribution in [0.2, 0.25) is 0 Å². The zero-order chi connectivity index (χ0) is 33.6. The highest BCUT2D eigenvalue weighted by Crippen LogP contribution is 2.40. The Morgan fingerprint density at radius 3 is 2.48 bits per heavy atom. The lowest BCUT2D eigenvalue weighted by Crippen LogP contribution is -2.44. The van der Waals surface area contributed by atoms with Gasteiger partial charge >= 0.3 is 5.97 Å². The molecule has 1 aromatic heterocycles. The van der Waals surface area contributed by atoms with Crippen molar-refractivity contribution >= 4 is 40.6 Å². The lowest BCUT2D eigenvalue weighted by atomic mass is 9.97. The van der Waals surface area contributed by atoms with Crippen molar-refractivity contribution in [3.63, 3.8) is 0 Å². The zero-order valence-electron chi connectivity index (χ0n) is 27.3. The molecular formula is C36H39N7O5. The maximum absolute atomic E-state index is 12.4.